The maximum atomic E-state index is 2.74. The minimum atomic E-state index is 1.28. The molecule has 144 valence electrons. The second kappa shape index (κ2) is 15.2. The highest BCUT2D eigenvalue weighted by Gasteiger charge is 2.15. The van der Waals surface area contributed by atoms with E-state index in [4.69, 9.17) is 0 Å². The predicted octanol–water partition coefficient (Wildman–Crippen LogP) is 4.48. The van der Waals surface area contributed by atoms with Crippen LogP contribution in [0.25, 0.3) is 0 Å². The largest absolute Gasteiger partial charge is 0.301 e. The van der Waals surface area contributed by atoms with Crippen molar-refractivity contribution in [2.75, 3.05) is 58.9 Å². The molecule has 24 heavy (non-hydrogen) atoms. The fourth-order valence-corrected chi connectivity index (χ4v) is 3.61. The fraction of sp³-hybridized carbons (Fsp3) is 1.00. The SMILES string of the molecule is CCCCCN1CCN(CCCCC)CCN(CCCCC)CC1. The van der Waals surface area contributed by atoms with Crippen molar-refractivity contribution in [2.45, 2.75) is 78.6 Å². The third-order valence-electron chi connectivity index (χ3n) is 5.43. The van der Waals surface area contributed by atoms with Gasteiger partial charge in [0.2, 0.25) is 0 Å². The summed E-state index contributed by atoms with van der Waals surface area (Å²) >= 11 is 0. The zero-order valence-electron chi connectivity index (χ0n) is 17.1. The zero-order chi connectivity index (χ0) is 17.5. The number of nitrogens with zero attached hydrogens (tertiary/aromatic N) is 3. The van der Waals surface area contributed by atoms with Crippen molar-refractivity contribution in [2.24, 2.45) is 0 Å². The summed E-state index contributed by atoms with van der Waals surface area (Å²) < 4.78 is 0. The Morgan fingerprint density at radius 1 is 0.417 bits per heavy atom. The van der Waals surface area contributed by atoms with Crippen molar-refractivity contribution >= 4 is 0 Å². The third kappa shape index (κ3) is 10.7. The smallest absolute Gasteiger partial charge is 0.0110 e. The predicted molar refractivity (Wildman–Crippen MR) is 108 cm³/mol. The Morgan fingerprint density at radius 2 is 0.667 bits per heavy atom. The first-order valence-corrected chi connectivity index (χ1v) is 11.0. The summed E-state index contributed by atoms with van der Waals surface area (Å²) in [5, 5.41) is 0. The summed E-state index contributed by atoms with van der Waals surface area (Å²) in [4.78, 5) is 8.21. The van der Waals surface area contributed by atoms with E-state index < -0.39 is 0 Å². The van der Waals surface area contributed by atoms with E-state index >= 15 is 0 Å². The first kappa shape index (κ1) is 21.9. The van der Waals surface area contributed by atoms with E-state index in [0.29, 0.717) is 0 Å². The van der Waals surface area contributed by atoms with Gasteiger partial charge in [-0.3, -0.25) is 0 Å². The van der Waals surface area contributed by atoms with Gasteiger partial charge in [-0.15, -0.1) is 0 Å². The van der Waals surface area contributed by atoms with Crippen LogP contribution in [0.15, 0.2) is 0 Å². The Morgan fingerprint density at radius 3 is 0.875 bits per heavy atom. The van der Waals surface area contributed by atoms with Crippen molar-refractivity contribution in [1.29, 1.82) is 0 Å². The topological polar surface area (TPSA) is 9.72 Å². The molecule has 1 saturated heterocycles. The van der Waals surface area contributed by atoms with Gasteiger partial charge in [0.05, 0.1) is 0 Å². The highest BCUT2D eigenvalue weighted by molar-refractivity contribution is 4.72. The van der Waals surface area contributed by atoms with Gasteiger partial charge in [0.1, 0.15) is 0 Å². The summed E-state index contributed by atoms with van der Waals surface area (Å²) in [7, 11) is 0. The highest BCUT2D eigenvalue weighted by atomic mass is 15.3. The number of unbranched alkanes of at least 4 members (excludes halogenated alkanes) is 6. The maximum absolute atomic E-state index is 2.74. The molecule has 3 nitrogen and oxygen atoms in total. The molecule has 0 aromatic rings. The summed E-state index contributed by atoms with van der Waals surface area (Å²) in [5.41, 5.74) is 0. The van der Waals surface area contributed by atoms with Gasteiger partial charge in [-0.2, -0.15) is 0 Å². The molecule has 0 radical (unpaired) electrons. The van der Waals surface area contributed by atoms with Gasteiger partial charge >= 0.3 is 0 Å². The first-order valence-electron chi connectivity index (χ1n) is 11.0. The van der Waals surface area contributed by atoms with E-state index in [1.165, 1.54) is 117 Å². The molecule has 3 heteroatoms. The monoisotopic (exact) mass is 339 g/mol. The Balaban J connectivity index is 2.47. The Kier molecular flexibility index (Phi) is 13.8. The van der Waals surface area contributed by atoms with Gasteiger partial charge in [-0.25, -0.2) is 0 Å². The number of hydrogen-bond donors (Lipinski definition) is 0. The van der Waals surface area contributed by atoms with Crippen molar-refractivity contribution < 1.29 is 0 Å². The molecule has 1 aliphatic heterocycles. The summed E-state index contributed by atoms with van der Waals surface area (Å²) in [6, 6.07) is 0. The number of hydrogen-bond acceptors (Lipinski definition) is 3. The molecular weight excluding hydrogens is 294 g/mol. The van der Waals surface area contributed by atoms with Gasteiger partial charge < -0.3 is 14.7 Å². The van der Waals surface area contributed by atoms with E-state index in [1.54, 1.807) is 0 Å². The zero-order valence-corrected chi connectivity index (χ0v) is 17.1. The molecule has 0 aromatic carbocycles. The molecule has 0 atom stereocenters. The van der Waals surface area contributed by atoms with Crippen LogP contribution in [0.3, 0.4) is 0 Å². The fourth-order valence-electron chi connectivity index (χ4n) is 3.61. The Bertz CT molecular complexity index is 215. The van der Waals surface area contributed by atoms with Gasteiger partial charge in [-0.05, 0) is 38.9 Å². The molecule has 0 amide bonds. The van der Waals surface area contributed by atoms with Crippen molar-refractivity contribution in [3.63, 3.8) is 0 Å². The van der Waals surface area contributed by atoms with Crippen LogP contribution in [0.4, 0.5) is 0 Å². The molecule has 1 fully saturated rings. The summed E-state index contributed by atoms with van der Waals surface area (Å²) in [6.07, 6.45) is 12.3. The van der Waals surface area contributed by atoms with Crippen molar-refractivity contribution in [3.05, 3.63) is 0 Å². The van der Waals surface area contributed by atoms with Gasteiger partial charge in [0.25, 0.3) is 0 Å². The molecule has 0 saturated carbocycles. The van der Waals surface area contributed by atoms with E-state index in [1.807, 2.05) is 0 Å². The lowest BCUT2D eigenvalue weighted by atomic mass is 10.2. The molecular formula is C21H45N3. The molecule has 0 bridgehead atoms. The van der Waals surface area contributed by atoms with Crippen LogP contribution in [0.1, 0.15) is 78.6 Å². The lowest BCUT2D eigenvalue weighted by Gasteiger charge is -2.25. The van der Waals surface area contributed by atoms with E-state index in [-0.39, 0.29) is 0 Å². The summed E-state index contributed by atoms with van der Waals surface area (Å²) in [5.74, 6) is 0. The van der Waals surface area contributed by atoms with Crippen LogP contribution >= 0.6 is 0 Å². The average Bonchev–Trinajstić information content (AvgIpc) is 2.68. The van der Waals surface area contributed by atoms with Crippen LogP contribution < -0.4 is 0 Å². The van der Waals surface area contributed by atoms with Gasteiger partial charge in [-0.1, -0.05) is 59.3 Å². The van der Waals surface area contributed by atoms with Crippen LogP contribution in [0.2, 0.25) is 0 Å². The molecule has 0 aliphatic carbocycles. The van der Waals surface area contributed by atoms with Crippen LogP contribution in [0.5, 0.6) is 0 Å². The third-order valence-corrected chi connectivity index (χ3v) is 5.43. The molecule has 0 spiro atoms. The van der Waals surface area contributed by atoms with Gasteiger partial charge in [0, 0.05) is 39.3 Å². The number of rotatable bonds is 12. The molecule has 1 heterocycles. The second-order valence-electron chi connectivity index (χ2n) is 7.65. The second-order valence-corrected chi connectivity index (χ2v) is 7.65. The lowest BCUT2D eigenvalue weighted by Crippen LogP contribution is -2.37. The van der Waals surface area contributed by atoms with Gasteiger partial charge in [0.15, 0.2) is 0 Å². The minimum Gasteiger partial charge on any atom is -0.301 e. The molecule has 0 N–H and O–H groups in total. The van der Waals surface area contributed by atoms with Crippen LogP contribution in [0, 0.1) is 0 Å². The highest BCUT2D eigenvalue weighted by Crippen LogP contribution is 2.07. The lowest BCUT2D eigenvalue weighted by molar-refractivity contribution is 0.214. The quantitative estimate of drug-likeness (QED) is 0.486. The molecule has 0 aromatic heterocycles. The minimum absolute atomic E-state index is 1.28. The average molecular weight is 340 g/mol. The Labute approximate surface area is 152 Å². The molecule has 1 rings (SSSR count). The normalized spacial score (nSPS) is 19.1. The Hall–Kier alpha value is -0.120. The first-order chi connectivity index (χ1) is 11.8. The van der Waals surface area contributed by atoms with Crippen molar-refractivity contribution in [3.8, 4) is 0 Å². The van der Waals surface area contributed by atoms with Crippen LogP contribution in [-0.4, -0.2) is 73.6 Å². The maximum Gasteiger partial charge on any atom is 0.0110 e. The van der Waals surface area contributed by atoms with E-state index in [2.05, 4.69) is 35.5 Å². The molecule has 1 aliphatic rings. The van der Waals surface area contributed by atoms with Crippen LogP contribution in [-0.2, 0) is 0 Å². The van der Waals surface area contributed by atoms with Crippen molar-refractivity contribution in [1.82, 2.24) is 14.7 Å². The summed E-state index contributed by atoms with van der Waals surface area (Å²) in [6.45, 7) is 18.5. The van der Waals surface area contributed by atoms with E-state index in [0.717, 1.165) is 0 Å². The standard InChI is InChI=1S/C21H45N3/c1-4-7-10-13-22-16-18-23(14-11-8-5-2)20-21-24(19-17-22)15-12-9-6-3/h4-21H2,1-3H3. The van der Waals surface area contributed by atoms with E-state index in [9.17, 15) is 0 Å². The molecule has 0 unspecified atom stereocenters.